The molecule has 0 aliphatic heterocycles. The third-order valence-corrected chi connectivity index (χ3v) is 4.66. The highest BCUT2D eigenvalue weighted by Gasteiger charge is 2.20. The van der Waals surface area contributed by atoms with Crippen LogP contribution in [0.5, 0.6) is 5.75 Å². The van der Waals surface area contributed by atoms with Crippen LogP contribution in [0.2, 0.25) is 0 Å². The summed E-state index contributed by atoms with van der Waals surface area (Å²) in [5.74, 6) is -0.327. The quantitative estimate of drug-likeness (QED) is 0.294. The van der Waals surface area contributed by atoms with Gasteiger partial charge in [0, 0.05) is 22.8 Å². The molecule has 0 aliphatic rings. The monoisotopic (exact) mass is 404 g/mol. The van der Waals surface area contributed by atoms with Crippen LogP contribution in [0.15, 0.2) is 53.4 Å². The number of thioether (sulfide) groups is 1. The Balaban J connectivity index is 1.87. The molecule has 1 amide bonds. The van der Waals surface area contributed by atoms with E-state index in [1.165, 1.54) is 44.0 Å². The first-order chi connectivity index (χ1) is 13.4. The largest absolute Gasteiger partial charge is 0.495 e. The van der Waals surface area contributed by atoms with E-state index in [0.717, 1.165) is 4.90 Å². The molecule has 2 aromatic rings. The fourth-order valence-corrected chi connectivity index (χ4v) is 3.07. The number of carbonyl (C=O) groups is 2. The number of ether oxygens (including phenoxy) is 2. The summed E-state index contributed by atoms with van der Waals surface area (Å²) in [6.07, 6.45) is -0.907. The first-order valence-electron chi connectivity index (χ1n) is 8.41. The summed E-state index contributed by atoms with van der Waals surface area (Å²) in [7, 11) is 1.38. The Labute approximate surface area is 166 Å². The lowest BCUT2D eigenvalue weighted by atomic mass is 10.2. The molecule has 0 heterocycles. The second kappa shape index (κ2) is 10.3. The van der Waals surface area contributed by atoms with Crippen molar-refractivity contribution in [3.05, 3.63) is 58.6 Å². The molecule has 9 heteroatoms. The van der Waals surface area contributed by atoms with Crippen molar-refractivity contribution in [2.24, 2.45) is 0 Å². The van der Waals surface area contributed by atoms with Crippen molar-refractivity contribution in [1.29, 1.82) is 0 Å². The van der Waals surface area contributed by atoms with Crippen LogP contribution in [0, 0.1) is 10.1 Å². The normalized spacial score (nSPS) is 11.4. The van der Waals surface area contributed by atoms with Crippen molar-refractivity contribution in [2.45, 2.75) is 24.3 Å². The van der Waals surface area contributed by atoms with Gasteiger partial charge in [-0.2, -0.15) is 0 Å². The number of nitro benzene ring substituents is 1. The lowest BCUT2D eigenvalue weighted by molar-refractivity contribution is -0.384. The van der Waals surface area contributed by atoms with Crippen LogP contribution < -0.4 is 10.1 Å². The maximum absolute atomic E-state index is 12.3. The van der Waals surface area contributed by atoms with Gasteiger partial charge < -0.3 is 14.8 Å². The molecule has 2 aromatic carbocycles. The van der Waals surface area contributed by atoms with E-state index in [1.54, 1.807) is 0 Å². The minimum absolute atomic E-state index is 0.129. The molecule has 1 atom stereocenters. The highest BCUT2D eigenvalue weighted by Crippen LogP contribution is 2.29. The Bertz CT molecular complexity index is 844. The van der Waals surface area contributed by atoms with Crippen molar-refractivity contribution in [1.82, 2.24) is 0 Å². The molecule has 0 saturated carbocycles. The van der Waals surface area contributed by atoms with Gasteiger partial charge in [-0.05, 0) is 25.1 Å². The van der Waals surface area contributed by atoms with E-state index in [1.807, 2.05) is 30.3 Å². The predicted molar refractivity (Wildman–Crippen MR) is 106 cm³/mol. The third kappa shape index (κ3) is 6.27. The molecule has 8 nitrogen and oxygen atoms in total. The summed E-state index contributed by atoms with van der Waals surface area (Å²) in [5.41, 5.74) is -0.0667. The number of methoxy groups -OCH3 is 1. The Kier molecular flexibility index (Phi) is 7.82. The molecule has 0 aromatic heterocycles. The average Bonchev–Trinajstić information content (AvgIpc) is 2.68. The minimum atomic E-state index is -1.06. The zero-order valence-electron chi connectivity index (χ0n) is 15.4. The first-order valence-corrected chi connectivity index (χ1v) is 9.40. The molecule has 2 rings (SSSR count). The number of rotatable bonds is 9. The molecule has 0 fully saturated rings. The van der Waals surface area contributed by atoms with Crippen LogP contribution in [0.1, 0.15) is 13.3 Å². The molecule has 28 heavy (non-hydrogen) atoms. The molecule has 0 spiro atoms. The molecular formula is C19H20N2O6S. The molecular weight excluding hydrogens is 384 g/mol. The topological polar surface area (TPSA) is 108 Å². The van der Waals surface area contributed by atoms with Gasteiger partial charge in [0.1, 0.15) is 5.75 Å². The fraction of sp³-hybridized carbons (Fsp3) is 0.263. The predicted octanol–water partition coefficient (Wildman–Crippen LogP) is 3.66. The van der Waals surface area contributed by atoms with Gasteiger partial charge in [0.25, 0.3) is 11.6 Å². The van der Waals surface area contributed by atoms with Crippen LogP contribution in [0.4, 0.5) is 11.4 Å². The summed E-state index contributed by atoms with van der Waals surface area (Å²) in [5, 5.41) is 13.4. The lowest BCUT2D eigenvalue weighted by Crippen LogP contribution is -2.30. The Morgan fingerprint density at radius 1 is 1.21 bits per heavy atom. The van der Waals surface area contributed by atoms with Crippen molar-refractivity contribution in [3.63, 3.8) is 0 Å². The summed E-state index contributed by atoms with van der Waals surface area (Å²) >= 11 is 1.51. The number of nitrogens with one attached hydrogen (secondary N) is 1. The van der Waals surface area contributed by atoms with Gasteiger partial charge in [-0.25, -0.2) is 0 Å². The minimum Gasteiger partial charge on any atom is -0.495 e. The maximum Gasteiger partial charge on any atom is 0.307 e. The third-order valence-electron chi connectivity index (χ3n) is 3.65. The van der Waals surface area contributed by atoms with E-state index < -0.39 is 22.9 Å². The number of esters is 1. The van der Waals surface area contributed by atoms with Crippen molar-refractivity contribution in [2.75, 3.05) is 18.2 Å². The summed E-state index contributed by atoms with van der Waals surface area (Å²) in [6.45, 7) is 1.43. The lowest BCUT2D eigenvalue weighted by Gasteiger charge is -2.15. The van der Waals surface area contributed by atoms with Crippen LogP contribution in [-0.2, 0) is 14.3 Å². The van der Waals surface area contributed by atoms with Gasteiger partial charge in [0.2, 0.25) is 0 Å². The number of nitrogens with zero attached hydrogens (tertiary/aromatic N) is 1. The molecule has 1 unspecified atom stereocenters. The summed E-state index contributed by atoms with van der Waals surface area (Å²) < 4.78 is 10.2. The Hall–Kier alpha value is -3.07. The molecule has 0 aliphatic carbocycles. The van der Waals surface area contributed by atoms with Gasteiger partial charge in [-0.1, -0.05) is 18.2 Å². The maximum atomic E-state index is 12.3. The van der Waals surface area contributed by atoms with Crippen LogP contribution in [0.25, 0.3) is 0 Å². The van der Waals surface area contributed by atoms with E-state index in [4.69, 9.17) is 9.47 Å². The first kappa shape index (κ1) is 21.2. The summed E-state index contributed by atoms with van der Waals surface area (Å²) in [4.78, 5) is 35.6. The summed E-state index contributed by atoms with van der Waals surface area (Å²) in [6, 6.07) is 13.5. The number of amides is 1. The smallest absolute Gasteiger partial charge is 0.307 e. The van der Waals surface area contributed by atoms with Crippen LogP contribution in [0.3, 0.4) is 0 Å². The van der Waals surface area contributed by atoms with E-state index in [0.29, 0.717) is 5.75 Å². The average molecular weight is 404 g/mol. The number of anilines is 1. The number of benzene rings is 2. The highest BCUT2D eigenvalue weighted by molar-refractivity contribution is 7.99. The number of hydrogen-bond acceptors (Lipinski definition) is 7. The molecule has 0 saturated heterocycles. The zero-order chi connectivity index (χ0) is 20.5. The number of carbonyl (C=O) groups excluding carboxylic acids is 2. The van der Waals surface area contributed by atoms with Crippen LogP contribution in [-0.4, -0.2) is 35.8 Å². The van der Waals surface area contributed by atoms with Crippen molar-refractivity contribution >= 4 is 35.0 Å². The Morgan fingerprint density at radius 2 is 1.93 bits per heavy atom. The Morgan fingerprint density at radius 3 is 2.57 bits per heavy atom. The van der Waals surface area contributed by atoms with E-state index in [9.17, 15) is 19.7 Å². The molecule has 0 bridgehead atoms. The second-order valence-electron chi connectivity index (χ2n) is 5.67. The van der Waals surface area contributed by atoms with Gasteiger partial charge in [-0.15, -0.1) is 11.8 Å². The van der Waals surface area contributed by atoms with Crippen LogP contribution >= 0.6 is 11.8 Å². The van der Waals surface area contributed by atoms with E-state index >= 15 is 0 Å². The fourth-order valence-electron chi connectivity index (χ4n) is 2.22. The molecule has 148 valence electrons. The van der Waals surface area contributed by atoms with Crippen molar-refractivity contribution < 1.29 is 24.0 Å². The number of non-ortho nitro benzene ring substituents is 1. The van der Waals surface area contributed by atoms with Gasteiger partial charge in [0.05, 0.1) is 24.1 Å². The highest BCUT2D eigenvalue weighted by atomic mass is 32.2. The molecule has 0 radical (unpaired) electrons. The SMILES string of the molecule is COc1ccc([N+](=O)[O-])cc1NC(=O)C(C)OC(=O)CCSc1ccccc1. The van der Waals surface area contributed by atoms with Gasteiger partial charge in [0.15, 0.2) is 6.10 Å². The second-order valence-corrected chi connectivity index (χ2v) is 6.84. The standard InChI is InChI=1S/C19H20N2O6S/c1-13(27-18(22)10-11-28-15-6-4-3-5-7-15)19(23)20-16-12-14(21(24)25)8-9-17(16)26-2/h3-9,12-13H,10-11H2,1-2H3,(H,20,23). The number of nitro groups is 1. The van der Waals surface area contributed by atoms with Gasteiger partial charge >= 0.3 is 5.97 Å². The van der Waals surface area contributed by atoms with Gasteiger partial charge in [-0.3, -0.25) is 19.7 Å². The van der Waals surface area contributed by atoms with E-state index in [2.05, 4.69) is 5.32 Å². The zero-order valence-corrected chi connectivity index (χ0v) is 16.2. The van der Waals surface area contributed by atoms with E-state index in [-0.39, 0.29) is 23.5 Å². The van der Waals surface area contributed by atoms with Crippen molar-refractivity contribution in [3.8, 4) is 5.75 Å². The molecule has 1 N–H and O–H groups in total. The number of hydrogen-bond donors (Lipinski definition) is 1.